The number of urea groups is 1. The molecule has 0 fully saturated rings. The maximum absolute atomic E-state index is 12.1. The molecular weight excluding hydrogens is 292 g/mol. The van der Waals surface area contributed by atoms with Gasteiger partial charge in [-0.1, -0.05) is 38.1 Å². The highest BCUT2D eigenvalue weighted by molar-refractivity contribution is 5.90. The number of amides is 2. The van der Waals surface area contributed by atoms with E-state index in [1.54, 1.807) is 4.90 Å². The topological polar surface area (TPSA) is 71.3 Å². The number of benzene rings is 1. The van der Waals surface area contributed by atoms with Crippen LogP contribution in [0.4, 0.5) is 10.5 Å². The van der Waals surface area contributed by atoms with Crippen LogP contribution < -0.4 is 5.32 Å². The summed E-state index contributed by atoms with van der Waals surface area (Å²) in [5.74, 6) is 1.11. The van der Waals surface area contributed by atoms with Gasteiger partial charge in [0.15, 0.2) is 0 Å². The minimum absolute atomic E-state index is 0.115. The molecule has 1 aromatic heterocycles. The summed E-state index contributed by atoms with van der Waals surface area (Å²) in [7, 11) is 0. The van der Waals surface area contributed by atoms with E-state index in [0.717, 1.165) is 5.56 Å². The smallest absolute Gasteiger partial charge is 0.321 e. The number of carbonyl (C=O) groups excluding carboxylic acids is 1. The Labute approximate surface area is 136 Å². The van der Waals surface area contributed by atoms with Crippen LogP contribution in [0, 0.1) is 0 Å². The van der Waals surface area contributed by atoms with Crippen molar-refractivity contribution < 1.29 is 9.32 Å². The average Bonchev–Trinajstić information content (AvgIpc) is 2.99. The first kappa shape index (κ1) is 17.0. The summed E-state index contributed by atoms with van der Waals surface area (Å²) >= 11 is 0. The SMILES string of the molecule is CCN(CC)C(=O)Nc1cccc(-c2noc(C(C)(C)C)n2)c1. The van der Waals surface area contributed by atoms with Crippen LogP contribution in [0.2, 0.25) is 0 Å². The van der Waals surface area contributed by atoms with E-state index in [1.807, 2.05) is 58.9 Å². The van der Waals surface area contributed by atoms with Gasteiger partial charge in [-0.15, -0.1) is 0 Å². The average molecular weight is 316 g/mol. The van der Waals surface area contributed by atoms with Crippen molar-refractivity contribution in [1.82, 2.24) is 15.0 Å². The second kappa shape index (κ2) is 6.81. The van der Waals surface area contributed by atoms with Gasteiger partial charge >= 0.3 is 6.03 Å². The van der Waals surface area contributed by atoms with Gasteiger partial charge in [0.1, 0.15) is 0 Å². The van der Waals surface area contributed by atoms with Crippen LogP contribution in [0.15, 0.2) is 28.8 Å². The highest BCUT2D eigenvalue weighted by atomic mass is 16.5. The minimum Gasteiger partial charge on any atom is -0.338 e. The van der Waals surface area contributed by atoms with Gasteiger partial charge in [-0.2, -0.15) is 4.98 Å². The van der Waals surface area contributed by atoms with Gasteiger partial charge in [-0.05, 0) is 26.0 Å². The quantitative estimate of drug-likeness (QED) is 0.928. The van der Waals surface area contributed by atoms with Crippen LogP contribution in [0.3, 0.4) is 0 Å². The summed E-state index contributed by atoms with van der Waals surface area (Å²) in [5.41, 5.74) is 1.32. The van der Waals surface area contributed by atoms with E-state index < -0.39 is 0 Å². The zero-order chi connectivity index (χ0) is 17.0. The lowest BCUT2D eigenvalue weighted by molar-refractivity contribution is 0.217. The van der Waals surface area contributed by atoms with Gasteiger partial charge in [0.05, 0.1) is 0 Å². The van der Waals surface area contributed by atoms with E-state index >= 15 is 0 Å². The predicted molar refractivity (Wildman–Crippen MR) is 90.4 cm³/mol. The highest BCUT2D eigenvalue weighted by Gasteiger charge is 2.22. The molecule has 23 heavy (non-hydrogen) atoms. The Hall–Kier alpha value is -2.37. The summed E-state index contributed by atoms with van der Waals surface area (Å²) in [6, 6.07) is 7.33. The summed E-state index contributed by atoms with van der Waals surface area (Å²) in [6.07, 6.45) is 0. The molecule has 6 nitrogen and oxygen atoms in total. The Kier molecular flexibility index (Phi) is 5.03. The lowest BCUT2D eigenvalue weighted by atomic mass is 9.97. The van der Waals surface area contributed by atoms with E-state index in [4.69, 9.17) is 4.52 Å². The summed E-state index contributed by atoms with van der Waals surface area (Å²) < 4.78 is 5.32. The summed E-state index contributed by atoms with van der Waals surface area (Å²) in [6.45, 7) is 11.3. The Morgan fingerprint density at radius 1 is 1.26 bits per heavy atom. The van der Waals surface area contributed by atoms with Crippen LogP contribution in [0.5, 0.6) is 0 Å². The molecule has 6 heteroatoms. The molecule has 0 saturated carbocycles. The van der Waals surface area contributed by atoms with Crippen LogP contribution in [0.1, 0.15) is 40.5 Å². The number of hydrogen-bond acceptors (Lipinski definition) is 4. The highest BCUT2D eigenvalue weighted by Crippen LogP contribution is 2.25. The minimum atomic E-state index is -0.195. The number of nitrogens with one attached hydrogen (secondary N) is 1. The van der Waals surface area contributed by atoms with Crippen molar-refractivity contribution in [2.24, 2.45) is 0 Å². The van der Waals surface area contributed by atoms with Crippen LogP contribution in [-0.4, -0.2) is 34.2 Å². The molecule has 0 unspecified atom stereocenters. The molecule has 124 valence electrons. The number of anilines is 1. The second-order valence-electron chi connectivity index (χ2n) is 6.36. The van der Waals surface area contributed by atoms with Gasteiger partial charge in [0.2, 0.25) is 11.7 Å². The predicted octanol–water partition coefficient (Wildman–Crippen LogP) is 3.91. The number of nitrogens with zero attached hydrogens (tertiary/aromatic N) is 3. The number of carbonyl (C=O) groups is 1. The summed E-state index contributed by atoms with van der Waals surface area (Å²) in [4.78, 5) is 18.3. The second-order valence-corrected chi connectivity index (χ2v) is 6.36. The maximum atomic E-state index is 12.1. The van der Waals surface area contributed by atoms with Crippen molar-refractivity contribution in [2.75, 3.05) is 18.4 Å². The van der Waals surface area contributed by atoms with Gasteiger partial charge < -0.3 is 14.7 Å². The fraction of sp³-hybridized carbons (Fsp3) is 0.471. The third-order valence-corrected chi connectivity index (χ3v) is 3.49. The van der Waals surface area contributed by atoms with Gasteiger partial charge in [0.25, 0.3) is 0 Å². The molecule has 1 aromatic carbocycles. The molecule has 0 radical (unpaired) electrons. The van der Waals surface area contributed by atoms with Crippen LogP contribution >= 0.6 is 0 Å². The van der Waals surface area contributed by atoms with Gasteiger partial charge in [-0.25, -0.2) is 4.79 Å². The third kappa shape index (κ3) is 4.09. The van der Waals surface area contributed by atoms with Gasteiger partial charge in [-0.3, -0.25) is 0 Å². The van der Waals surface area contributed by atoms with E-state index in [1.165, 1.54) is 0 Å². The molecule has 2 aromatic rings. The van der Waals surface area contributed by atoms with E-state index in [0.29, 0.717) is 30.5 Å². The Balaban J connectivity index is 2.20. The Bertz CT molecular complexity index is 669. The molecule has 0 aliphatic carbocycles. The molecule has 0 aliphatic heterocycles. The monoisotopic (exact) mass is 316 g/mol. The lowest BCUT2D eigenvalue weighted by Crippen LogP contribution is -2.34. The van der Waals surface area contributed by atoms with Crippen LogP contribution in [-0.2, 0) is 5.41 Å². The fourth-order valence-corrected chi connectivity index (χ4v) is 2.09. The third-order valence-electron chi connectivity index (χ3n) is 3.49. The van der Waals surface area contributed by atoms with Crippen LogP contribution in [0.25, 0.3) is 11.4 Å². The van der Waals surface area contributed by atoms with E-state index in [9.17, 15) is 4.79 Å². The number of aromatic nitrogens is 2. The summed E-state index contributed by atoms with van der Waals surface area (Å²) in [5, 5.41) is 6.92. The van der Waals surface area contributed by atoms with Crippen molar-refractivity contribution in [2.45, 2.75) is 40.0 Å². The largest absolute Gasteiger partial charge is 0.338 e. The molecule has 0 spiro atoms. The number of rotatable bonds is 4. The molecule has 0 aliphatic rings. The molecular formula is C17H24N4O2. The standard InChI is InChI=1S/C17H24N4O2/c1-6-21(7-2)16(22)18-13-10-8-9-12(11-13)14-19-15(23-20-14)17(3,4)5/h8-11H,6-7H2,1-5H3,(H,18,22). The molecule has 1 N–H and O–H groups in total. The van der Waals surface area contributed by atoms with Crippen molar-refractivity contribution in [1.29, 1.82) is 0 Å². The Morgan fingerprint density at radius 2 is 1.96 bits per heavy atom. The molecule has 1 heterocycles. The molecule has 2 amide bonds. The molecule has 0 atom stereocenters. The zero-order valence-corrected chi connectivity index (χ0v) is 14.4. The first-order valence-corrected chi connectivity index (χ1v) is 7.85. The Morgan fingerprint density at radius 3 is 2.52 bits per heavy atom. The van der Waals surface area contributed by atoms with Crippen molar-refractivity contribution in [3.8, 4) is 11.4 Å². The molecule has 0 saturated heterocycles. The van der Waals surface area contributed by atoms with Gasteiger partial charge in [0, 0.05) is 29.8 Å². The normalized spacial score (nSPS) is 11.3. The zero-order valence-electron chi connectivity index (χ0n) is 14.4. The van der Waals surface area contributed by atoms with Crippen molar-refractivity contribution >= 4 is 11.7 Å². The molecule has 2 rings (SSSR count). The fourth-order valence-electron chi connectivity index (χ4n) is 2.09. The number of hydrogen-bond donors (Lipinski definition) is 1. The lowest BCUT2D eigenvalue weighted by Gasteiger charge is -2.19. The van der Waals surface area contributed by atoms with E-state index in [-0.39, 0.29) is 11.4 Å². The first-order valence-electron chi connectivity index (χ1n) is 7.85. The van der Waals surface area contributed by atoms with Crippen molar-refractivity contribution in [3.05, 3.63) is 30.2 Å². The molecule has 0 bridgehead atoms. The maximum Gasteiger partial charge on any atom is 0.321 e. The first-order chi connectivity index (χ1) is 10.8. The van der Waals surface area contributed by atoms with E-state index in [2.05, 4.69) is 15.5 Å². The van der Waals surface area contributed by atoms with Crippen molar-refractivity contribution in [3.63, 3.8) is 0 Å².